The molecule has 4 nitrogen and oxygen atoms in total. The van der Waals surface area contributed by atoms with Gasteiger partial charge in [-0.15, -0.1) is 0 Å². The third-order valence-electron chi connectivity index (χ3n) is 6.24. The molecule has 0 aromatic carbocycles. The molecule has 4 fully saturated rings. The van der Waals surface area contributed by atoms with Crippen molar-refractivity contribution in [3.05, 3.63) is 0 Å². The minimum atomic E-state index is 0.246. The third kappa shape index (κ3) is 3.48. The van der Waals surface area contributed by atoms with Crippen molar-refractivity contribution < 1.29 is 9.53 Å². The summed E-state index contributed by atoms with van der Waals surface area (Å²) in [6, 6.07) is 0. The molecule has 0 aromatic heterocycles. The minimum absolute atomic E-state index is 0.246. The minimum Gasteiger partial charge on any atom is -0.376 e. The maximum atomic E-state index is 12.1. The van der Waals surface area contributed by atoms with Crippen molar-refractivity contribution in [1.82, 2.24) is 10.2 Å². The van der Waals surface area contributed by atoms with Gasteiger partial charge in [-0.25, -0.2) is 0 Å². The van der Waals surface area contributed by atoms with Crippen LogP contribution in [0.2, 0.25) is 0 Å². The summed E-state index contributed by atoms with van der Waals surface area (Å²) >= 11 is 0. The molecular formula is C18H30N2O2. The number of ether oxygens (including phenoxy) is 1. The molecule has 1 N–H and O–H groups in total. The Kier molecular flexibility index (Phi) is 4.40. The number of nitrogens with zero attached hydrogens (tertiary/aromatic N) is 1. The van der Waals surface area contributed by atoms with Gasteiger partial charge in [-0.05, 0) is 43.4 Å². The van der Waals surface area contributed by atoms with Crippen LogP contribution in [0.1, 0.15) is 44.9 Å². The van der Waals surface area contributed by atoms with Crippen LogP contribution in [0.15, 0.2) is 0 Å². The van der Waals surface area contributed by atoms with Crippen LogP contribution in [0.3, 0.4) is 0 Å². The summed E-state index contributed by atoms with van der Waals surface area (Å²) < 4.78 is 6.00. The van der Waals surface area contributed by atoms with Gasteiger partial charge in [0.05, 0.1) is 12.7 Å². The zero-order chi connectivity index (χ0) is 14.9. The largest absolute Gasteiger partial charge is 0.376 e. The maximum Gasteiger partial charge on any atom is 0.220 e. The topological polar surface area (TPSA) is 41.6 Å². The fourth-order valence-corrected chi connectivity index (χ4v) is 4.69. The summed E-state index contributed by atoms with van der Waals surface area (Å²) in [7, 11) is 0. The first-order chi connectivity index (χ1) is 10.8. The molecule has 0 aromatic rings. The summed E-state index contributed by atoms with van der Waals surface area (Å²) in [5.41, 5.74) is 0. The van der Waals surface area contributed by atoms with E-state index in [1.54, 1.807) is 0 Å². The van der Waals surface area contributed by atoms with E-state index in [4.69, 9.17) is 4.74 Å². The smallest absolute Gasteiger partial charge is 0.220 e. The van der Waals surface area contributed by atoms with E-state index >= 15 is 0 Å². The molecule has 3 atom stereocenters. The Hall–Kier alpha value is -0.610. The van der Waals surface area contributed by atoms with Crippen molar-refractivity contribution in [2.24, 2.45) is 23.7 Å². The lowest BCUT2D eigenvalue weighted by atomic mass is 9.90. The lowest BCUT2D eigenvalue weighted by Crippen LogP contribution is -2.32. The number of hydrogen-bond acceptors (Lipinski definition) is 3. The van der Waals surface area contributed by atoms with Crippen molar-refractivity contribution in [2.75, 3.05) is 32.8 Å². The molecule has 2 heterocycles. The third-order valence-corrected chi connectivity index (χ3v) is 6.24. The van der Waals surface area contributed by atoms with Gasteiger partial charge in [-0.3, -0.25) is 4.79 Å². The van der Waals surface area contributed by atoms with E-state index in [0.717, 1.165) is 38.1 Å². The van der Waals surface area contributed by atoms with Gasteiger partial charge < -0.3 is 15.0 Å². The van der Waals surface area contributed by atoms with Gasteiger partial charge in [0.1, 0.15) is 0 Å². The molecule has 0 unspecified atom stereocenters. The molecule has 2 saturated heterocycles. The number of likely N-dealkylation sites (tertiary alicyclic amines) is 1. The van der Waals surface area contributed by atoms with Gasteiger partial charge in [-0.1, -0.05) is 12.8 Å². The Labute approximate surface area is 134 Å². The average Bonchev–Trinajstić information content (AvgIpc) is 2.87. The van der Waals surface area contributed by atoms with Crippen molar-refractivity contribution in [1.29, 1.82) is 0 Å². The van der Waals surface area contributed by atoms with Crippen molar-refractivity contribution >= 4 is 5.91 Å². The average molecular weight is 306 g/mol. The van der Waals surface area contributed by atoms with E-state index in [1.165, 1.54) is 45.1 Å². The number of hydrogen-bond donors (Lipinski definition) is 1. The van der Waals surface area contributed by atoms with Gasteiger partial charge >= 0.3 is 0 Å². The van der Waals surface area contributed by atoms with Crippen molar-refractivity contribution in [3.63, 3.8) is 0 Å². The number of carbonyl (C=O) groups excluding carboxylic acids is 1. The molecule has 1 amide bonds. The van der Waals surface area contributed by atoms with Gasteiger partial charge in [0.2, 0.25) is 5.91 Å². The predicted molar refractivity (Wildman–Crippen MR) is 85.5 cm³/mol. The molecule has 2 aliphatic heterocycles. The molecular weight excluding hydrogens is 276 g/mol. The first-order valence-electron chi connectivity index (χ1n) is 9.38. The zero-order valence-electron chi connectivity index (χ0n) is 13.6. The molecule has 4 aliphatic rings. The van der Waals surface area contributed by atoms with Crippen LogP contribution in [0.25, 0.3) is 0 Å². The first-order valence-corrected chi connectivity index (χ1v) is 9.38. The van der Waals surface area contributed by atoms with E-state index < -0.39 is 0 Å². The van der Waals surface area contributed by atoms with E-state index in [9.17, 15) is 4.79 Å². The van der Waals surface area contributed by atoms with Gasteiger partial charge in [0.25, 0.3) is 0 Å². The fourth-order valence-electron chi connectivity index (χ4n) is 4.69. The summed E-state index contributed by atoms with van der Waals surface area (Å²) in [5.74, 6) is 2.96. The highest BCUT2D eigenvalue weighted by atomic mass is 16.5. The molecule has 2 saturated carbocycles. The van der Waals surface area contributed by atoms with Gasteiger partial charge in [-0.2, -0.15) is 0 Å². The van der Waals surface area contributed by atoms with Crippen molar-refractivity contribution in [2.45, 2.75) is 51.0 Å². The second-order valence-corrected chi connectivity index (χ2v) is 8.12. The molecule has 4 rings (SSSR count). The normalized spacial score (nSPS) is 35.9. The van der Waals surface area contributed by atoms with E-state index in [2.05, 4.69) is 10.2 Å². The van der Waals surface area contributed by atoms with Crippen molar-refractivity contribution in [3.8, 4) is 0 Å². The number of nitrogens with one attached hydrogen (secondary N) is 1. The number of rotatable bonds is 6. The summed E-state index contributed by atoms with van der Waals surface area (Å²) in [6.45, 7) is 5.21. The summed E-state index contributed by atoms with van der Waals surface area (Å²) in [4.78, 5) is 14.7. The highest BCUT2D eigenvalue weighted by molar-refractivity contribution is 5.76. The van der Waals surface area contributed by atoms with Crippen LogP contribution < -0.4 is 5.32 Å². The molecule has 124 valence electrons. The zero-order valence-corrected chi connectivity index (χ0v) is 13.6. The van der Waals surface area contributed by atoms with Crippen LogP contribution in [0.5, 0.6) is 0 Å². The Morgan fingerprint density at radius 3 is 2.68 bits per heavy atom. The summed E-state index contributed by atoms with van der Waals surface area (Å²) in [5, 5.41) is 3.11. The number of amides is 1. The predicted octanol–water partition coefficient (Wildman–Crippen LogP) is 2.04. The Bertz CT molecular complexity index is 404. The second kappa shape index (κ2) is 6.48. The molecule has 0 bridgehead atoms. The van der Waals surface area contributed by atoms with Crippen LogP contribution in [-0.4, -0.2) is 49.7 Å². The van der Waals surface area contributed by atoms with Crippen LogP contribution in [-0.2, 0) is 9.53 Å². The van der Waals surface area contributed by atoms with Crippen LogP contribution in [0.4, 0.5) is 0 Å². The quantitative estimate of drug-likeness (QED) is 0.816. The van der Waals surface area contributed by atoms with E-state index in [1.807, 2.05) is 0 Å². The molecule has 0 spiro atoms. The molecule has 4 heteroatoms. The Morgan fingerprint density at radius 1 is 1.09 bits per heavy atom. The van der Waals surface area contributed by atoms with E-state index in [-0.39, 0.29) is 5.91 Å². The fraction of sp³-hybridized carbons (Fsp3) is 0.944. The van der Waals surface area contributed by atoms with E-state index in [0.29, 0.717) is 24.4 Å². The number of carbonyl (C=O) groups is 1. The molecule has 22 heavy (non-hydrogen) atoms. The lowest BCUT2D eigenvalue weighted by molar-refractivity contribution is -0.122. The number of fused-ring (bicyclic) bond motifs is 1. The summed E-state index contributed by atoms with van der Waals surface area (Å²) in [6.07, 6.45) is 9.34. The highest BCUT2D eigenvalue weighted by Gasteiger charge is 2.44. The monoisotopic (exact) mass is 306 g/mol. The standard InChI is InChI=1S/C18H30N2O2/c21-18(19-8-13-5-6-13)7-15-12-22-17-11-20(10-16(15)17)9-14-3-1-2-4-14/h13-17H,1-12H2,(H,19,21)/t15-,16-,17-/m1/s1. The second-order valence-electron chi connectivity index (χ2n) is 8.12. The highest BCUT2D eigenvalue weighted by Crippen LogP contribution is 2.37. The Morgan fingerprint density at radius 2 is 1.91 bits per heavy atom. The first kappa shape index (κ1) is 14.9. The van der Waals surface area contributed by atoms with Crippen LogP contribution >= 0.6 is 0 Å². The van der Waals surface area contributed by atoms with Gasteiger partial charge in [0.15, 0.2) is 0 Å². The maximum absolute atomic E-state index is 12.1. The lowest BCUT2D eigenvalue weighted by Gasteiger charge is -2.22. The Balaban J connectivity index is 1.23. The molecule has 0 radical (unpaired) electrons. The van der Waals surface area contributed by atoms with Gasteiger partial charge in [0, 0.05) is 38.5 Å². The SMILES string of the molecule is O=C(C[C@@H]1CO[C@@H]2CN(CC3CCCC3)C[C@H]12)NCC1CC1. The molecule has 2 aliphatic carbocycles. The van der Waals surface area contributed by atoms with Crippen LogP contribution in [0, 0.1) is 23.7 Å².